The summed E-state index contributed by atoms with van der Waals surface area (Å²) >= 11 is 0. The molecule has 2 aromatic heterocycles. The van der Waals surface area contributed by atoms with E-state index in [-0.39, 0.29) is 18.4 Å². The Morgan fingerprint density at radius 2 is 2.04 bits per heavy atom. The molecule has 2 heterocycles. The van der Waals surface area contributed by atoms with Crippen LogP contribution in [0.25, 0.3) is 11.0 Å². The third-order valence-electron chi connectivity index (χ3n) is 4.73. The topological polar surface area (TPSA) is 101 Å². The minimum Gasteiger partial charge on any atom is -0.353 e. The Morgan fingerprint density at radius 3 is 2.81 bits per heavy atom. The van der Waals surface area contributed by atoms with Crippen LogP contribution in [0.1, 0.15) is 44.2 Å². The minimum absolute atomic E-state index is 0.00808. The monoisotopic (exact) mass is 358 g/mol. The van der Waals surface area contributed by atoms with Gasteiger partial charge >= 0.3 is 6.03 Å². The zero-order valence-corrected chi connectivity index (χ0v) is 15.3. The smallest absolute Gasteiger partial charge is 0.319 e. The molecule has 1 saturated carbocycles. The summed E-state index contributed by atoms with van der Waals surface area (Å²) in [6.07, 6.45) is 7.61. The molecule has 0 unspecified atom stereocenters. The molecule has 2 aromatic rings. The predicted octanol–water partition coefficient (Wildman–Crippen LogP) is 2.24. The number of amides is 3. The van der Waals surface area contributed by atoms with Gasteiger partial charge in [-0.3, -0.25) is 9.48 Å². The van der Waals surface area contributed by atoms with Gasteiger partial charge in [0.05, 0.1) is 17.6 Å². The highest BCUT2D eigenvalue weighted by Crippen LogP contribution is 2.19. The summed E-state index contributed by atoms with van der Waals surface area (Å²) in [4.78, 5) is 28.3. The summed E-state index contributed by atoms with van der Waals surface area (Å²) in [6, 6.07) is 1.80. The fraction of sp³-hybridized carbons (Fsp3) is 0.556. The van der Waals surface area contributed by atoms with E-state index in [1.807, 2.05) is 20.0 Å². The number of pyridine rings is 1. The normalized spacial score (nSPS) is 15.0. The van der Waals surface area contributed by atoms with Gasteiger partial charge in [0.1, 0.15) is 0 Å². The third kappa shape index (κ3) is 4.50. The first-order valence-electron chi connectivity index (χ1n) is 9.16. The van der Waals surface area contributed by atoms with Crippen molar-refractivity contribution in [2.45, 2.75) is 51.5 Å². The van der Waals surface area contributed by atoms with Gasteiger partial charge in [-0.1, -0.05) is 19.3 Å². The summed E-state index contributed by atoms with van der Waals surface area (Å²) in [7, 11) is 1.83. The summed E-state index contributed by atoms with van der Waals surface area (Å²) < 4.78 is 1.71. The second-order valence-electron chi connectivity index (χ2n) is 6.84. The molecule has 0 bridgehead atoms. The van der Waals surface area contributed by atoms with Crippen LogP contribution in [0.4, 0.5) is 10.5 Å². The summed E-state index contributed by atoms with van der Waals surface area (Å²) in [5.41, 5.74) is 2.23. The number of anilines is 1. The lowest BCUT2D eigenvalue weighted by atomic mass is 9.95. The van der Waals surface area contributed by atoms with Gasteiger partial charge in [0.2, 0.25) is 5.91 Å². The van der Waals surface area contributed by atoms with Crippen LogP contribution in [-0.2, 0) is 11.8 Å². The lowest BCUT2D eigenvalue weighted by Gasteiger charge is -2.22. The average molecular weight is 358 g/mol. The molecule has 1 fully saturated rings. The van der Waals surface area contributed by atoms with E-state index in [1.165, 1.54) is 19.3 Å². The molecule has 3 amide bonds. The average Bonchev–Trinajstić information content (AvgIpc) is 2.89. The van der Waals surface area contributed by atoms with E-state index in [4.69, 9.17) is 0 Å². The van der Waals surface area contributed by atoms with E-state index in [1.54, 1.807) is 10.9 Å². The molecule has 0 aliphatic heterocycles. The van der Waals surface area contributed by atoms with E-state index < -0.39 is 0 Å². The van der Waals surface area contributed by atoms with Crippen LogP contribution in [0.3, 0.4) is 0 Å². The number of aryl methyl sites for hydroxylation is 2. The molecular formula is C18H26N6O2. The van der Waals surface area contributed by atoms with E-state index in [2.05, 4.69) is 26.0 Å². The highest BCUT2D eigenvalue weighted by Gasteiger charge is 2.15. The molecule has 1 aliphatic rings. The van der Waals surface area contributed by atoms with Gasteiger partial charge < -0.3 is 16.0 Å². The maximum absolute atomic E-state index is 12.0. The Hall–Kier alpha value is -2.64. The van der Waals surface area contributed by atoms with Gasteiger partial charge in [-0.15, -0.1) is 0 Å². The molecule has 1 aliphatic carbocycles. The van der Waals surface area contributed by atoms with Crippen molar-refractivity contribution < 1.29 is 9.59 Å². The second-order valence-corrected chi connectivity index (χ2v) is 6.84. The number of urea groups is 1. The maximum Gasteiger partial charge on any atom is 0.319 e. The van der Waals surface area contributed by atoms with E-state index in [0.717, 1.165) is 29.6 Å². The lowest BCUT2D eigenvalue weighted by molar-refractivity contribution is -0.121. The first-order chi connectivity index (χ1) is 12.5. The molecule has 3 N–H and O–H groups in total. The minimum atomic E-state index is -0.349. The SMILES string of the molecule is Cc1nn(C)c2ncc(NC(=O)NCCC(=O)NC3CCCCC3)cc12. The standard InChI is InChI=1S/C18H26N6O2/c1-12-15-10-14(11-20-17(15)24(2)23-12)22-18(26)19-9-8-16(25)21-13-6-4-3-5-7-13/h10-11,13H,3-9H2,1-2H3,(H,21,25)(H2,19,22,26). The number of nitrogens with zero attached hydrogens (tertiary/aromatic N) is 3. The molecule has 8 nitrogen and oxygen atoms in total. The molecule has 26 heavy (non-hydrogen) atoms. The number of carbonyl (C=O) groups excluding carboxylic acids is 2. The van der Waals surface area contributed by atoms with Gasteiger partial charge in [-0.25, -0.2) is 9.78 Å². The molecule has 140 valence electrons. The van der Waals surface area contributed by atoms with Gasteiger partial charge in [0, 0.05) is 31.4 Å². The largest absolute Gasteiger partial charge is 0.353 e. The summed E-state index contributed by atoms with van der Waals surface area (Å²) in [5, 5.41) is 13.7. The number of fused-ring (bicyclic) bond motifs is 1. The molecule has 0 aromatic carbocycles. The number of hydrogen-bond acceptors (Lipinski definition) is 4. The van der Waals surface area contributed by atoms with Crippen molar-refractivity contribution in [1.29, 1.82) is 0 Å². The van der Waals surface area contributed by atoms with E-state index >= 15 is 0 Å². The molecule has 0 atom stereocenters. The van der Waals surface area contributed by atoms with Gasteiger partial charge in [0.25, 0.3) is 0 Å². The highest BCUT2D eigenvalue weighted by molar-refractivity contribution is 5.92. The van der Waals surface area contributed by atoms with E-state index in [0.29, 0.717) is 18.3 Å². The van der Waals surface area contributed by atoms with Crippen LogP contribution >= 0.6 is 0 Å². The Labute approximate surface area is 152 Å². The van der Waals surface area contributed by atoms with Crippen LogP contribution < -0.4 is 16.0 Å². The molecule has 3 rings (SSSR count). The first-order valence-corrected chi connectivity index (χ1v) is 9.16. The van der Waals surface area contributed by atoms with Crippen molar-refractivity contribution in [1.82, 2.24) is 25.4 Å². The van der Waals surface area contributed by atoms with Crippen LogP contribution in [-0.4, -0.2) is 39.3 Å². The van der Waals surface area contributed by atoms with Gasteiger partial charge in [0.15, 0.2) is 5.65 Å². The highest BCUT2D eigenvalue weighted by atomic mass is 16.2. The zero-order valence-electron chi connectivity index (χ0n) is 15.3. The van der Waals surface area contributed by atoms with Crippen LogP contribution in [0, 0.1) is 6.92 Å². The van der Waals surface area contributed by atoms with E-state index in [9.17, 15) is 9.59 Å². The predicted molar refractivity (Wildman–Crippen MR) is 99.9 cm³/mol. The van der Waals surface area contributed by atoms with Crippen molar-refractivity contribution in [3.8, 4) is 0 Å². The lowest BCUT2D eigenvalue weighted by Crippen LogP contribution is -2.38. The van der Waals surface area contributed by atoms with Crippen molar-refractivity contribution >= 4 is 28.7 Å². The van der Waals surface area contributed by atoms with Crippen molar-refractivity contribution in [3.05, 3.63) is 18.0 Å². The maximum atomic E-state index is 12.0. The Bertz CT molecular complexity index is 794. The number of aromatic nitrogens is 3. The Balaban J connectivity index is 1.44. The molecule has 8 heteroatoms. The number of rotatable bonds is 5. The van der Waals surface area contributed by atoms with Crippen molar-refractivity contribution in [2.24, 2.45) is 7.05 Å². The quantitative estimate of drug-likeness (QED) is 0.763. The molecular weight excluding hydrogens is 332 g/mol. The third-order valence-corrected chi connectivity index (χ3v) is 4.73. The molecule has 0 spiro atoms. The number of carbonyl (C=O) groups is 2. The Morgan fingerprint density at radius 1 is 1.27 bits per heavy atom. The van der Waals surface area contributed by atoms with Crippen LogP contribution in [0.15, 0.2) is 12.3 Å². The fourth-order valence-corrected chi connectivity index (χ4v) is 3.39. The first kappa shape index (κ1) is 18.2. The molecule has 0 radical (unpaired) electrons. The number of hydrogen-bond donors (Lipinski definition) is 3. The summed E-state index contributed by atoms with van der Waals surface area (Å²) in [5.74, 6) is -0.00808. The summed E-state index contributed by atoms with van der Waals surface area (Å²) in [6.45, 7) is 2.20. The van der Waals surface area contributed by atoms with Crippen molar-refractivity contribution in [3.63, 3.8) is 0 Å². The fourth-order valence-electron chi connectivity index (χ4n) is 3.39. The van der Waals surface area contributed by atoms with Gasteiger partial charge in [-0.05, 0) is 25.8 Å². The van der Waals surface area contributed by atoms with Crippen molar-refractivity contribution in [2.75, 3.05) is 11.9 Å². The molecule has 0 saturated heterocycles. The van der Waals surface area contributed by atoms with Crippen LogP contribution in [0.2, 0.25) is 0 Å². The zero-order chi connectivity index (χ0) is 18.5. The van der Waals surface area contributed by atoms with Gasteiger partial charge in [-0.2, -0.15) is 5.10 Å². The van der Waals surface area contributed by atoms with Crippen LogP contribution in [0.5, 0.6) is 0 Å². The Kier molecular flexibility index (Phi) is 5.70. The second kappa shape index (κ2) is 8.16. The number of nitrogens with one attached hydrogen (secondary N) is 3.